The van der Waals surface area contributed by atoms with Gasteiger partial charge in [-0.25, -0.2) is 5.57 Å². The molecule has 0 saturated carbocycles. The molecule has 1 nitrogen and oxygen atoms in total. The Morgan fingerprint density at radius 2 is 1.08 bits per heavy atom. The number of rotatable bonds is 12. The molecule has 0 bridgehead atoms. The van der Waals surface area contributed by atoms with Gasteiger partial charge < -0.3 is 5.73 Å². The normalized spacial score (nSPS) is 13.4. The predicted molar refractivity (Wildman–Crippen MR) is 175 cm³/mol. The summed E-state index contributed by atoms with van der Waals surface area (Å²) in [6, 6.07) is 21.3. The maximum Gasteiger partial charge on any atom is 2.00 e. The maximum absolute atomic E-state index is 7.00. The van der Waals surface area contributed by atoms with Crippen LogP contribution < -0.4 is 10.4 Å². The smallest absolute Gasteiger partial charge is 0.677 e. The Kier molecular flexibility index (Phi) is 31.1. The van der Waals surface area contributed by atoms with E-state index in [0.29, 0.717) is 12.5 Å². The fraction of sp³-hybridized carbons (Fsp3) is 0.515. The molecule has 1 N–H and O–H groups in total. The van der Waals surface area contributed by atoms with Crippen LogP contribution in [0.25, 0.3) is 5.73 Å². The molecule has 0 saturated heterocycles. The summed E-state index contributed by atoms with van der Waals surface area (Å²) in [5.41, 5.74) is 11.2. The van der Waals surface area contributed by atoms with Gasteiger partial charge in [0.1, 0.15) is 9.52 Å². The second-order valence-corrected chi connectivity index (χ2v) is 11.3. The molecule has 38 heavy (non-hydrogen) atoms. The van der Waals surface area contributed by atoms with Crippen LogP contribution in [-0.4, -0.2) is 16.1 Å². The van der Waals surface area contributed by atoms with E-state index in [9.17, 15) is 0 Å². The zero-order valence-electron chi connectivity index (χ0n) is 24.5. The van der Waals surface area contributed by atoms with Gasteiger partial charge in [-0.2, -0.15) is 17.7 Å². The van der Waals surface area contributed by atoms with Gasteiger partial charge in [-0.3, -0.25) is 6.08 Å². The van der Waals surface area contributed by atoms with Crippen LogP contribution in [0.15, 0.2) is 77.4 Å². The SMILES string of the molecule is CC1=[C-]C(C)C(C)=C1C.CCCCCCCCCCCC[NH-].Cl.Cl.[Zr+2].c1ccc([SiH]c2ccccc2)cc1. The van der Waals surface area contributed by atoms with Crippen LogP contribution in [0.2, 0.25) is 0 Å². The molecule has 0 aromatic heterocycles. The first-order chi connectivity index (χ1) is 17.0. The minimum atomic E-state index is 0. The van der Waals surface area contributed by atoms with E-state index in [2.05, 4.69) is 101 Å². The maximum atomic E-state index is 7.00. The molecule has 3 rings (SSSR count). The van der Waals surface area contributed by atoms with Gasteiger partial charge in [0.15, 0.2) is 0 Å². The van der Waals surface area contributed by atoms with Crippen molar-refractivity contribution in [3.05, 3.63) is 89.2 Å². The van der Waals surface area contributed by atoms with Crippen molar-refractivity contribution < 1.29 is 26.2 Å². The van der Waals surface area contributed by atoms with Crippen LogP contribution in [-0.2, 0) is 26.2 Å². The Bertz CT molecular complexity index is 793. The van der Waals surface area contributed by atoms with E-state index in [-0.39, 0.29) is 60.5 Å². The van der Waals surface area contributed by atoms with Crippen molar-refractivity contribution in [2.45, 2.75) is 98.8 Å². The van der Waals surface area contributed by atoms with Gasteiger partial charge in [-0.05, 0) is 0 Å². The average molecular weight is 653 g/mol. The summed E-state index contributed by atoms with van der Waals surface area (Å²) in [6.45, 7) is 11.6. The number of nitrogens with one attached hydrogen (secondary N) is 1. The molecule has 211 valence electrons. The summed E-state index contributed by atoms with van der Waals surface area (Å²) < 4.78 is 0. The third-order valence-corrected chi connectivity index (χ3v) is 8.14. The minimum Gasteiger partial charge on any atom is -0.677 e. The Labute approximate surface area is 269 Å². The molecule has 1 unspecified atom stereocenters. The van der Waals surface area contributed by atoms with E-state index in [1.54, 1.807) is 0 Å². The van der Waals surface area contributed by atoms with Crippen molar-refractivity contribution in [1.29, 1.82) is 0 Å². The van der Waals surface area contributed by atoms with Crippen molar-refractivity contribution in [2.24, 2.45) is 5.92 Å². The largest absolute Gasteiger partial charge is 2.00 e. The van der Waals surface area contributed by atoms with Crippen LogP contribution in [0, 0.1) is 12.0 Å². The van der Waals surface area contributed by atoms with Crippen molar-refractivity contribution in [3.63, 3.8) is 0 Å². The number of halogens is 2. The predicted octanol–water partition coefficient (Wildman–Crippen LogP) is 9.60. The van der Waals surface area contributed by atoms with E-state index in [1.807, 2.05) is 0 Å². The number of benzene rings is 2. The van der Waals surface area contributed by atoms with Crippen LogP contribution in [0.3, 0.4) is 0 Å². The molecule has 2 aromatic rings. The molecule has 2 aromatic carbocycles. The van der Waals surface area contributed by atoms with Crippen LogP contribution in [0.4, 0.5) is 0 Å². The van der Waals surface area contributed by atoms with Gasteiger partial charge in [-0.15, -0.1) is 31.7 Å². The number of hydrogen-bond acceptors (Lipinski definition) is 0. The first kappa shape index (κ1) is 42.0. The summed E-state index contributed by atoms with van der Waals surface area (Å²) in [5.74, 6) is 0.560. The standard InChI is InChI=1S/C12H26N.C12H11Si.C9H13.2ClH.Zr/c1-2-3-4-5-6-7-8-9-10-11-12-13;1-3-7-11(8-4-1)13-12-9-5-2-6-10-12;1-6-5-7(2)9(4)8(6)3;;;/h13H,2-12H2,1H3;1-10,13H;6H,1-4H3;2*1H;/q-1;;-1;;;+2. The molecule has 1 aliphatic rings. The number of hydrogen-bond donors (Lipinski definition) is 0. The Hall–Kier alpha value is -0.440. The van der Waals surface area contributed by atoms with Crippen molar-refractivity contribution >= 4 is 44.7 Å². The molecule has 0 spiro atoms. The summed E-state index contributed by atoms with van der Waals surface area (Å²) >= 11 is 0. The Balaban J connectivity index is -0.000000473. The third-order valence-electron chi connectivity index (χ3n) is 6.70. The van der Waals surface area contributed by atoms with Crippen molar-refractivity contribution in [1.82, 2.24) is 0 Å². The van der Waals surface area contributed by atoms with Crippen molar-refractivity contribution in [2.75, 3.05) is 6.54 Å². The van der Waals surface area contributed by atoms with Crippen LogP contribution in [0.1, 0.15) is 98.8 Å². The van der Waals surface area contributed by atoms with Gasteiger partial charge >= 0.3 is 26.2 Å². The first-order valence-electron chi connectivity index (χ1n) is 13.9. The molecular formula is C33H52Cl2NSiZr. The monoisotopic (exact) mass is 650 g/mol. The summed E-state index contributed by atoms with van der Waals surface area (Å²) in [6.07, 6.45) is 17.0. The van der Waals surface area contributed by atoms with Crippen LogP contribution in [0.5, 0.6) is 0 Å². The number of allylic oxidation sites excluding steroid dienone is 4. The second kappa shape index (κ2) is 28.1. The van der Waals surface area contributed by atoms with E-state index >= 15 is 0 Å². The topological polar surface area (TPSA) is 23.8 Å². The fourth-order valence-corrected chi connectivity index (χ4v) is 5.28. The molecule has 0 amide bonds. The number of unbranched alkanes of at least 4 members (excludes halogenated alkanes) is 9. The molecule has 1 atom stereocenters. The first-order valence-corrected chi connectivity index (χ1v) is 15.0. The van der Waals surface area contributed by atoms with Gasteiger partial charge in [0, 0.05) is 0 Å². The Morgan fingerprint density at radius 3 is 1.37 bits per heavy atom. The van der Waals surface area contributed by atoms with Gasteiger partial charge in [-0.1, -0.05) is 169 Å². The molecule has 0 heterocycles. The van der Waals surface area contributed by atoms with E-state index in [4.69, 9.17) is 5.73 Å². The van der Waals surface area contributed by atoms with E-state index < -0.39 is 0 Å². The quantitative estimate of drug-likeness (QED) is 0.124. The summed E-state index contributed by atoms with van der Waals surface area (Å²) in [7, 11) is 0.271. The zero-order valence-corrected chi connectivity index (χ0v) is 29.8. The van der Waals surface area contributed by atoms with Gasteiger partial charge in [0.2, 0.25) is 0 Å². The molecule has 1 aliphatic carbocycles. The molecule has 0 fully saturated rings. The fourth-order valence-electron chi connectivity index (χ4n) is 4.07. The van der Waals surface area contributed by atoms with E-state index in [1.165, 1.54) is 84.9 Å². The minimum absolute atomic E-state index is 0. The molecule has 5 heteroatoms. The Morgan fingerprint density at radius 1 is 0.684 bits per heavy atom. The summed E-state index contributed by atoms with van der Waals surface area (Å²) in [4.78, 5) is 0. The van der Waals surface area contributed by atoms with Gasteiger partial charge in [0.25, 0.3) is 0 Å². The van der Waals surface area contributed by atoms with E-state index in [0.717, 1.165) is 6.42 Å². The summed E-state index contributed by atoms with van der Waals surface area (Å²) in [5, 5.41) is 2.90. The zero-order chi connectivity index (χ0) is 25.7. The third kappa shape index (κ3) is 20.5. The average Bonchev–Trinajstić information content (AvgIpc) is 3.10. The molecule has 1 radical (unpaired) electrons. The van der Waals surface area contributed by atoms with Crippen molar-refractivity contribution in [3.8, 4) is 0 Å². The van der Waals surface area contributed by atoms with Gasteiger partial charge in [0.05, 0.1) is 0 Å². The molecular weight excluding hydrogens is 601 g/mol. The second-order valence-electron chi connectivity index (χ2n) is 9.70. The molecule has 0 aliphatic heterocycles. The van der Waals surface area contributed by atoms with Crippen LogP contribution >= 0.6 is 24.8 Å².